The first-order valence-electron chi connectivity index (χ1n) is 7.01. The van der Waals surface area contributed by atoms with E-state index < -0.39 is 0 Å². The maximum Gasteiger partial charge on any atom is 0.227 e. The standard InChI is InChI=1S/C14H14ClN5O2S/c1-8(21)23-7-9-4-13(22)20(6-9)12-5-10(15)2-3-11(12)14-16-18-19-17-14/h2-3,5,9H,4,6-7H2,1H3,(H,16,17,18,19). The summed E-state index contributed by atoms with van der Waals surface area (Å²) in [7, 11) is 0. The Morgan fingerprint density at radius 1 is 1.52 bits per heavy atom. The number of rotatable bonds is 4. The van der Waals surface area contributed by atoms with Gasteiger partial charge in [0.15, 0.2) is 5.12 Å². The lowest BCUT2D eigenvalue weighted by atomic mass is 10.1. The summed E-state index contributed by atoms with van der Waals surface area (Å²) in [5, 5.41) is 14.5. The molecule has 1 aromatic carbocycles. The Hall–Kier alpha value is -1.93. The molecule has 1 atom stereocenters. The quantitative estimate of drug-likeness (QED) is 0.907. The number of anilines is 1. The number of hydrogen-bond acceptors (Lipinski definition) is 6. The smallest absolute Gasteiger partial charge is 0.227 e. The highest BCUT2D eigenvalue weighted by Gasteiger charge is 2.32. The summed E-state index contributed by atoms with van der Waals surface area (Å²) in [6.07, 6.45) is 0.415. The molecule has 1 unspecified atom stereocenters. The van der Waals surface area contributed by atoms with Gasteiger partial charge in [-0.15, -0.1) is 10.2 Å². The molecule has 1 aromatic heterocycles. The zero-order valence-electron chi connectivity index (χ0n) is 12.3. The molecule has 23 heavy (non-hydrogen) atoms. The van der Waals surface area contributed by atoms with Crippen molar-refractivity contribution in [2.45, 2.75) is 13.3 Å². The van der Waals surface area contributed by atoms with Crippen LogP contribution in [0.3, 0.4) is 0 Å². The second-order valence-corrected chi connectivity index (χ2v) is 6.91. The molecular formula is C14H14ClN5O2S. The number of thioether (sulfide) groups is 1. The molecule has 9 heteroatoms. The number of carbonyl (C=O) groups is 2. The lowest BCUT2D eigenvalue weighted by Crippen LogP contribution is -2.25. The summed E-state index contributed by atoms with van der Waals surface area (Å²) in [6, 6.07) is 5.22. The lowest BCUT2D eigenvalue weighted by Gasteiger charge is -2.19. The minimum Gasteiger partial charge on any atom is -0.311 e. The summed E-state index contributed by atoms with van der Waals surface area (Å²) in [5.74, 6) is 1.18. The van der Waals surface area contributed by atoms with Crippen molar-refractivity contribution in [3.8, 4) is 11.4 Å². The van der Waals surface area contributed by atoms with Gasteiger partial charge in [0.1, 0.15) is 0 Å². The first-order valence-corrected chi connectivity index (χ1v) is 8.38. The SMILES string of the molecule is CC(=O)SCC1CC(=O)N(c2cc(Cl)ccc2-c2nn[nH]n2)C1. The topological polar surface area (TPSA) is 91.8 Å². The molecular weight excluding hydrogens is 338 g/mol. The number of aromatic amines is 1. The van der Waals surface area contributed by atoms with E-state index in [-0.39, 0.29) is 16.9 Å². The molecule has 0 aliphatic carbocycles. The summed E-state index contributed by atoms with van der Waals surface area (Å²) < 4.78 is 0. The van der Waals surface area contributed by atoms with E-state index in [9.17, 15) is 9.59 Å². The van der Waals surface area contributed by atoms with Crippen LogP contribution >= 0.6 is 23.4 Å². The molecule has 120 valence electrons. The second-order valence-electron chi connectivity index (χ2n) is 5.27. The fraction of sp³-hybridized carbons (Fsp3) is 0.357. The fourth-order valence-corrected chi connectivity index (χ4v) is 3.41. The summed E-state index contributed by atoms with van der Waals surface area (Å²) >= 11 is 7.34. The molecule has 1 N–H and O–H groups in total. The van der Waals surface area contributed by atoms with E-state index in [2.05, 4.69) is 20.6 Å². The van der Waals surface area contributed by atoms with Crippen LogP contribution in [-0.2, 0) is 9.59 Å². The Kier molecular flexibility index (Phi) is 4.63. The Morgan fingerprint density at radius 3 is 3.04 bits per heavy atom. The zero-order valence-corrected chi connectivity index (χ0v) is 13.9. The molecule has 2 aromatic rings. The zero-order chi connectivity index (χ0) is 16.4. The third-order valence-electron chi connectivity index (χ3n) is 3.56. The predicted octanol–water partition coefficient (Wildman–Crippen LogP) is 2.15. The van der Waals surface area contributed by atoms with Crippen LogP contribution in [0.5, 0.6) is 0 Å². The fourth-order valence-electron chi connectivity index (χ4n) is 2.55. The highest BCUT2D eigenvalue weighted by Crippen LogP contribution is 2.35. The molecule has 1 aliphatic heterocycles. The Balaban J connectivity index is 1.88. The normalized spacial score (nSPS) is 17.7. The lowest BCUT2D eigenvalue weighted by molar-refractivity contribution is -0.117. The molecule has 0 spiro atoms. The number of H-pyrrole nitrogens is 1. The van der Waals surface area contributed by atoms with Crippen molar-refractivity contribution in [1.82, 2.24) is 20.6 Å². The van der Waals surface area contributed by atoms with E-state index in [4.69, 9.17) is 11.6 Å². The number of nitrogens with one attached hydrogen (secondary N) is 1. The number of tetrazole rings is 1. The van der Waals surface area contributed by atoms with Crippen LogP contribution in [0.15, 0.2) is 18.2 Å². The number of aromatic nitrogens is 4. The van der Waals surface area contributed by atoms with Gasteiger partial charge in [-0.2, -0.15) is 5.21 Å². The number of halogens is 1. The van der Waals surface area contributed by atoms with Crippen LogP contribution < -0.4 is 4.90 Å². The van der Waals surface area contributed by atoms with E-state index in [1.807, 2.05) is 0 Å². The Bertz CT molecular complexity index is 737. The van der Waals surface area contributed by atoms with Crippen molar-refractivity contribution in [3.05, 3.63) is 23.2 Å². The van der Waals surface area contributed by atoms with Crippen LogP contribution in [0.4, 0.5) is 5.69 Å². The van der Waals surface area contributed by atoms with Crippen LogP contribution in [0, 0.1) is 5.92 Å². The maximum absolute atomic E-state index is 12.4. The molecule has 1 fully saturated rings. The van der Waals surface area contributed by atoms with Gasteiger partial charge in [-0.25, -0.2) is 0 Å². The van der Waals surface area contributed by atoms with Gasteiger partial charge in [-0.1, -0.05) is 23.4 Å². The van der Waals surface area contributed by atoms with Gasteiger partial charge in [-0.05, 0) is 29.3 Å². The first kappa shape index (κ1) is 15.9. The number of carbonyl (C=O) groups excluding carboxylic acids is 2. The number of hydrogen-bond donors (Lipinski definition) is 1. The van der Waals surface area contributed by atoms with Gasteiger partial charge in [0.05, 0.1) is 5.69 Å². The van der Waals surface area contributed by atoms with Gasteiger partial charge in [-0.3, -0.25) is 9.59 Å². The second kappa shape index (κ2) is 6.67. The molecule has 1 saturated heterocycles. The van der Waals surface area contributed by atoms with Crippen molar-refractivity contribution in [3.63, 3.8) is 0 Å². The van der Waals surface area contributed by atoms with Gasteiger partial charge >= 0.3 is 0 Å². The van der Waals surface area contributed by atoms with E-state index in [0.29, 0.717) is 40.8 Å². The van der Waals surface area contributed by atoms with E-state index in [1.54, 1.807) is 23.1 Å². The highest BCUT2D eigenvalue weighted by molar-refractivity contribution is 8.13. The molecule has 3 rings (SSSR count). The van der Waals surface area contributed by atoms with E-state index in [1.165, 1.54) is 18.7 Å². The third-order valence-corrected chi connectivity index (χ3v) is 4.84. The van der Waals surface area contributed by atoms with Crippen LogP contribution in [0.2, 0.25) is 5.02 Å². The minimum absolute atomic E-state index is 0.00571. The van der Waals surface area contributed by atoms with Crippen molar-refractivity contribution < 1.29 is 9.59 Å². The average molecular weight is 352 g/mol. The molecule has 0 bridgehead atoms. The molecule has 1 amide bonds. The number of benzene rings is 1. The number of amides is 1. The van der Waals surface area contributed by atoms with Crippen molar-refractivity contribution in [2.24, 2.45) is 5.92 Å². The van der Waals surface area contributed by atoms with Crippen LogP contribution in [-0.4, -0.2) is 43.9 Å². The van der Waals surface area contributed by atoms with Gasteiger partial charge in [0.2, 0.25) is 11.7 Å². The minimum atomic E-state index is 0.00571. The Morgan fingerprint density at radius 2 is 2.35 bits per heavy atom. The largest absolute Gasteiger partial charge is 0.311 e. The predicted molar refractivity (Wildman–Crippen MR) is 88.2 cm³/mol. The van der Waals surface area contributed by atoms with Gasteiger partial charge < -0.3 is 4.90 Å². The van der Waals surface area contributed by atoms with E-state index in [0.717, 1.165) is 0 Å². The van der Waals surface area contributed by atoms with Crippen LogP contribution in [0.1, 0.15) is 13.3 Å². The monoisotopic (exact) mass is 351 g/mol. The summed E-state index contributed by atoms with van der Waals surface area (Å²) in [6.45, 7) is 2.08. The van der Waals surface area contributed by atoms with Gasteiger partial charge in [0.25, 0.3) is 0 Å². The molecule has 0 radical (unpaired) electrons. The molecule has 1 aliphatic rings. The Labute approximate surface area is 141 Å². The third kappa shape index (κ3) is 3.53. The summed E-state index contributed by atoms with van der Waals surface area (Å²) in [5.41, 5.74) is 1.36. The van der Waals surface area contributed by atoms with Crippen molar-refractivity contribution >= 4 is 40.1 Å². The summed E-state index contributed by atoms with van der Waals surface area (Å²) in [4.78, 5) is 25.2. The van der Waals surface area contributed by atoms with Gasteiger partial charge in [0, 0.05) is 36.2 Å². The van der Waals surface area contributed by atoms with Crippen molar-refractivity contribution in [1.29, 1.82) is 0 Å². The van der Waals surface area contributed by atoms with Crippen molar-refractivity contribution in [2.75, 3.05) is 17.2 Å². The molecule has 7 nitrogen and oxygen atoms in total. The molecule has 0 saturated carbocycles. The first-order chi connectivity index (χ1) is 11.0. The average Bonchev–Trinajstić information content (AvgIpc) is 3.14. The maximum atomic E-state index is 12.4. The highest BCUT2D eigenvalue weighted by atomic mass is 35.5. The number of nitrogens with zero attached hydrogens (tertiary/aromatic N) is 4. The van der Waals surface area contributed by atoms with E-state index >= 15 is 0 Å². The van der Waals surface area contributed by atoms with Crippen LogP contribution in [0.25, 0.3) is 11.4 Å². The molecule has 2 heterocycles.